The highest BCUT2D eigenvalue weighted by Crippen LogP contribution is 2.21. The predicted molar refractivity (Wildman–Crippen MR) is 81.7 cm³/mol. The topological polar surface area (TPSA) is 87.5 Å². The Hall–Kier alpha value is -1.30. The third-order valence-corrected chi connectivity index (χ3v) is 4.66. The van der Waals surface area contributed by atoms with Crippen LogP contribution in [0, 0.1) is 11.8 Å². The molecule has 2 heterocycles. The first kappa shape index (κ1) is 16.1. The number of piperidine rings is 2. The highest BCUT2D eigenvalue weighted by molar-refractivity contribution is 5.76. The summed E-state index contributed by atoms with van der Waals surface area (Å²) in [7, 11) is 0. The van der Waals surface area contributed by atoms with Gasteiger partial charge in [-0.15, -0.1) is 0 Å². The molecule has 0 bridgehead atoms. The van der Waals surface area contributed by atoms with Crippen LogP contribution in [0.25, 0.3) is 0 Å². The molecule has 0 radical (unpaired) electrons. The maximum absolute atomic E-state index is 12.3. The van der Waals surface area contributed by atoms with E-state index in [2.05, 4.69) is 10.6 Å². The molecule has 1 unspecified atom stereocenters. The fourth-order valence-corrected chi connectivity index (χ4v) is 3.36. The minimum Gasteiger partial charge on any atom is -0.352 e. The Balaban J connectivity index is 1.69. The number of primary amides is 1. The van der Waals surface area contributed by atoms with Crippen molar-refractivity contribution in [3.8, 4) is 0 Å². The van der Waals surface area contributed by atoms with Crippen molar-refractivity contribution in [3.63, 3.8) is 0 Å². The minimum absolute atomic E-state index is 0.275. The number of likely N-dealkylation sites (tertiary alicyclic amines) is 1. The summed E-state index contributed by atoms with van der Waals surface area (Å²) < 4.78 is 0. The summed E-state index contributed by atoms with van der Waals surface area (Å²) >= 11 is 0. The van der Waals surface area contributed by atoms with Gasteiger partial charge < -0.3 is 21.3 Å². The van der Waals surface area contributed by atoms with Crippen molar-refractivity contribution in [2.45, 2.75) is 38.5 Å². The van der Waals surface area contributed by atoms with Crippen LogP contribution in [-0.2, 0) is 4.79 Å². The first-order valence-electron chi connectivity index (χ1n) is 8.17. The molecule has 2 aliphatic rings. The quantitative estimate of drug-likeness (QED) is 0.697. The van der Waals surface area contributed by atoms with Crippen molar-refractivity contribution in [1.29, 1.82) is 0 Å². The van der Waals surface area contributed by atoms with Gasteiger partial charge in [-0.2, -0.15) is 0 Å². The predicted octanol–water partition coefficient (Wildman–Crippen LogP) is 0.673. The summed E-state index contributed by atoms with van der Waals surface area (Å²) in [5.41, 5.74) is 5.10. The van der Waals surface area contributed by atoms with Crippen molar-refractivity contribution in [2.75, 3.05) is 32.7 Å². The largest absolute Gasteiger partial charge is 0.352 e. The van der Waals surface area contributed by atoms with E-state index in [9.17, 15) is 9.59 Å². The number of rotatable bonds is 5. The highest BCUT2D eigenvalue weighted by Gasteiger charge is 2.24. The fraction of sp³-hybridized carbons (Fsp3) is 0.867. The molecule has 6 heteroatoms. The van der Waals surface area contributed by atoms with Crippen LogP contribution in [0.15, 0.2) is 0 Å². The Morgan fingerprint density at radius 2 is 1.95 bits per heavy atom. The van der Waals surface area contributed by atoms with Crippen LogP contribution in [0.1, 0.15) is 38.5 Å². The molecule has 0 aromatic carbocycles. The Morgan fingerprint density at radius 3 is 2.67 bits per heavy atom. The number of amides is 3. The lowest BCUT2D eigenvalue weighted by molar-refractivity contribution is -0.133. The third kappa shape index (κ3) is 5.53. The minimum atomic E-state index is -0.482. The van der Waals surface area contributed by atoms with E-state index >= 15 is 0 Å². The Kier molecular flexibility index (Phi) is 6.29. The van der Waals surface area contributed by atoms with Gasteiger partial charge in [0.2, 0.25) is 5.91 Å². The lowest BCUT2D eigenvalue weighted by Crippen LogP contribution is -2.44. The maximum atomic E-state index is 12.3. The fourth-order valence-electron chi connectivity index (χ4n) is 3.36. The van der Waals surface area contributed by atoms with Gasteiger partial charge in [0.25, 0.3) is 0 Å². The van der Waals surface area contributed by atoms with Crippen molar-refractivity contribution in [3.05, 3.63) is 0 Å². The highest BCUT2D eigenvalue weighted by atomic mass is 16.2. The van der Waals surface area contributed by atoms with Crippen molar-refractivity contribution < 1.29 is 9.59 Å². The molecular weight excluding hydrogens is 268 g/mol. The maximum Gasteiger partial charge on any atom is 0.312 e. The summed E-state index contributed by atoms with van der Waals surface area (Å²) in [6.45, 7) is 4.36. The van der Waals surface area contributed by atoms with Gasteiger partial charge in [-0.25, -0.2) is 4.79 Å². The molecular formula is C15H28N4O2. The first-order chi connectivity index (χ1) is 10.1. The van der Waals surface area contributed by atoms with E-state index in [0.717, 1.165) is 45.4 Å². The molecule has 3 amide bonds. The van der Waals surface area contributed by atoms with Gasteiger partial charge in [-0.3, -0.25) is 4.79 Å². The molecule has 4 N–H and O–H groups in total. The number of nitrogens with one attached hydrogen (secondary N) is 2. The van der Waals surface area contributed by atoms with E-state index in [0.29, 0.717) is 24.8 Å². The molecule has 2 aliphatic heterocycles. The van der Waals surface area contributed by atoms with Gasteiger partial charge in [-0.1, -0.05) is 0 Å². The van der Waals surface area contributed by atoms with Crippen LogP contribution in [0.3, 0.4) is 0 Å². The molecule has 0 aliphatic carbocycles. The number of hydrogen-bond donors (Lipinski definition) is 3. The first-order valence-corrected chi connectivity index (χ1v) is 8.17. The van der Waals surface area contributed by atoms with Gasteiger partial charge in [0, 0.05) is 26.1 Å². The summed E-state index contributed by atoms with van der Waals surface area (Å²) in [4.78, 5) is 25.1. The molecule has 0 saturated carbocycles. The SMILES string of the molecule is NC(=O)NCC1CCCN(C(=O)CCC2CCNCC2)C1. The molecule has 2 rings (SSSR count). The Bertz CT molecular complexity index is 356. The van der Waals surface area contributed by atoms with Gasteiger partial charge >= 0.3 is 6.03 Å². The Labute approximate surface area is 126 Å². The summed E-state index contributed by atoms with van der Waals surface area (Å²) in [6, 6.07) is -0.482. The average Bonchev–Trinajstić information content (AvgIpc) is 2.52. The third-order valence-electron chi connectivity index (χ3n) is 4.66. The summed E-state index contributed by atoms with van der Waals surface area (Å²) in [5.74, 6) is 1.32. The lowest BCUT2D eigenvalue weighted by atomic mass is 9.92. The van der Waals surface area contributed by atoms with E-state index in [-0.39, 0.29) is 5.91 Å². The van der Waals surface area contributed by atoms with Crippen LogP contribution < -0.4 is 16.4 Å². The van der Waals surface area contributed by atoms with Gasteiger partial charge in [0.1, 0.15) is 0 Å². The lowest BCUT2D eigenvalue weighted by Gasteiger charge is -2.33. The van der Waals surface area contributed by atoms with Crippen LogP contribution in [0.5, 0.6) is 0 Å². The van der Waals surface area contributed by atoms with Crippen molar-refractivity contribution in [1.82, 2.24) is 15.5 Å². The van der Waals surface area contributed by atoms with Gasteiger partial charge in [-0.05, 0) is 57.0 Å². The van der Waals surface area contributed by atoms with Crippen LogP contribution in [0.2, 0.25) is 0 Å². The zero-order valence-corrected chi connectivity index (χ0v) is 12.8. The zero-order chi connectivity index (χ0) is 15.1. The molecule has 6 nitrogen and oxygen atoms in total. The van der Waals surface area contributed by atoms with Gasteiger partial charge in [0.15, 0.2) is 0 Å². The number of carbonyl (C=O) groups is 2. The molecule has 120 valence electrons. The van der Waals surface area contributed by atoms with E-state index in [1.165, 1.54) is 12.8 Å². The van der Waals surface area contributed by atoms with Crippen LogP contribution in [0.4, 0.5) is 4.79 Å². The van der Waals surface area contributed by atoms with E-state index in [4.69, 9.17) is 5.73 Å². The second-order valence-electron chi connectivity index (χ2n) is 6.33. The second-order valence-corrected chi connectivity index (χ2v) is 6.33. The molecule has 0 aromatic heterocycles. The van der Waals surface area contributed by atoms with E-state index in [1.807, 2.05) is 4.90 Å². The molecule has 21 heavy (non-hydrogen) atoms. The summed E-state index contributed by atoms with van der Waals surface area (Å²) in [6.07, 6.45) is 6.14. The number of nitrogens with zero attached hydrogens (tertiary/aromatic N) is 1. The van der Waals surface area contributed by atoms with E-state index in [1.54, 1.807) is 0 Å². The number of hydrogen-bond acceptors (Lipinski definition) is 3. The molecule has 2 saturated heterocycles. The van der Waals surface area contributed by atoms with Crippen LogP contribution >= 0.6 is 0 Å². The zero-order valence-electron chi connectivity index (χ0n) is 12.8. The normalized spacial score (nSPS) is 23.8. The van der Waals surface area contributed by atoms with Crippen LogP contribution in [-0.4, -0.2) is 49.6 Å². The Morgan fingerprint density at radius 1 is 1.19 bits per heavy atom. The standard InChI is InChI=1S/C15H28N4O2/c16-15(21)18-10-13-2-1-9-19(11-13)14(20)4-3-12-5-7-17-8-6-12/h12-13,17H,1-11H2,(H3,16,18,21). The average molecular weight is 296 g/mol. The van der Waals surface area contributed by atoms with Gasteiger partial charge in [0.05, 0.1) is 0 Å². The second kappa shape index (κ2) is 8.22. The summed E-state index contributed by atoms with van der Waals surface area (Å²) in [5, 5.41) is 6.01. The molecule has 0 spiro atoms. The molecule has 2 fully saturated rings. The number of nitrogens with two attached hydrogens (primary N) is 1. The van der Waals surface area contributed by atoms with E-state index < -0.39 is 6.03 Å². The number of urea groups is 1. The monoisotopic (exact) mass is 296 g/mol. The number of carbonyl (C=O) groups excluding carboxylic acids is 2. The van der Waals surface area contributed by atoms with Crippen molar-refractivity contribution in [2.24, 2.45) is 17.6 Å². The molecule has 1 atom stereocenters. The smallest absolute Gasteiger partial charge is 0.312 e. The van der Waals surface area contributed by atoms with Crippen molar-refractivity contribution >= 4 is 11.9 Å². The molecule has 0 aromatic rings.